The van der Waals surface area contributed by atoms with Gasteiger partial charge in [-0.1, -0.05) is 66.7 Å². The van der Waals surface area contributed by atoms with Crippen LogP contribution in [0.4, 0.5) is 11.4 Å². The van der Waals surface area contributed by atoms with E-state index in [1.54, 1.807) is 43.4 Å². The molecule has 0 radical (unpaired) electrons. The van der Waals surface area contributed by atoms with Crippen LogP contribution >= 0.6 is 0 Å². The molecular weight excluding hydrogens is 502 g/mol. The predicted molar refractivity (Wildman–Crippen MR) is 160 cm³/mol. The molecule has 1 atom stereocenters. The van der Waals surface area contributed by atoms with Gasteiger partial charge >= 0.3 is 0 Å². The Morgan fingerprint density at radius 1 is 0.850 bits per heavy atom. The molecule has 0 aliphatic carbocycles. The number of aromatic hydroxyl groups is 2. The summed E-state index contributed by atoms with van der Waals surface area (Å²) >= 11 is 0. The van der Waals surface area contributed by atoms with Gasteiger partial charge in [0.2, 0.25) is 0 Å². The zero-order chi connectivity index (χ0) is 28.0. The smallest absolute Gasteiger partial charge is 0.265 e. The molecule has 1 aromatic heterocycles. The lowest BCUT2D eigenvalue weighted by atomic mass is 9.91. The molecule has 0 aliphatic heterocycles. The maximum atomic E-state index is 13.9. The number of nitrogens with two attached hydrogens (primary N) is 1. The highest BCUT2D eigenvalue weighted by Gasteiger charge is 2.27. The van der Waals surface area contributed by atoms with Gasteiger partial charge in [-0.3, -0.25) is 9.59 Å². The van der Waals surface area contributed by atoms with Gasteiger partial charge in [0.05, 0.1) is 11.6 Å². The van der Waals surface area contributed by atoms with E-state index in [1.807, 2.05) is 60.7 Å². The molecule has 0 unspecified atom stereocenters. The van der Waals surface area contributed by atoms with Crippen LogP contribution < -0.4 is 16.6 Å². The zero-order valence-electron chi connectivity index (χ0n) is 21.8. The minimum atomic E-state index is -0.764. The van der Waals surface area contributed by atoms with Crippen molar-refractivity contribution in [2.75, 3.05) is 11.1 Å². The second-order valence-corrected chi connectivity index (χ2v) is 9.90. The van der Waals surface area contributed by atoms with E-state index >= 15 is 0 Å². The summed E-state index contributed by atoms with van der Waals surface area (Å²) in [5, 5.41) is 29.4. The normalized spacial score (nSPS) is 12.1. The Morgan fingerprint density at radius 3 is 2.33 bits per heavy atom. The van der Waals surface area contributed by atoms with Crippen LogP contribution in [0.25, 0.3) is 32.4 Å². The summed E-state index contributed by atoms with van der Waals surface area (Å²) < 4.78 is 1.37. The number of nitrogens with zero attached hydrogens (tertiary/aromatic N) is 1. The van der Waals surface area contributed by atoms with E-state index in [2.05, 4.69) is 5.32 Å². The highest BCUT2D eigenvalue weighted by Crippen LogP contribution is 2.39. The third-order valence-electron chi connectivity index (χ3n) is 7.51. The number of hydrogen-bond donors (Lipinski definition) is 4. The van der Waals surface area contributed by atoms with Crippen LogP contribution in [0.3, 0.4) is 0 Å². The molecule has 6 rings (SSSR count). The molecule has 0 fully saturated rings. The third kappa shape index (κ3) is 4.08. The number of anilines is 2. The third-order valence-corrected chi connectivity index (χ3v) is 7.51. The predicted octanol–water partition coefficient (Wildman–Crippen LogP) is 6.26. The number of nitrogen functional groups attached to an aromatic ring is 1. The molecule has 0 amide bonds. The fraction of sp³-hybridized carbons (Fsp3) is 0.0909. The number of carbonyl (C=O) groups excluding carboxylic acids is 1. The fourth-order valence-electron chi connectivity index (χ4n) is 5.57. The second kappa shape index (κ2) is 9.78. The number of nitrogens with one attached hydrogen (secondary N) is 1. The number of phenolic OH excluding ortho intramolecular Hbond substituents is 1. The number of aryl methyl sites for hydroxylation is 1. The lowest BCUT2D eigenvalue weighted by Crippen LogP contribution is -2.27. The molecule has 7 heteroatoms. The van der Waals surface area contributed by atoms with Gasteiger partial charge in [-0.15, -0.1) is 0 Å². The van der Waals surface area contributed by atoms with Crippen LogP contribution in [0, 0.1) is 0 Å². The van der Waals surface area contributed by atoms with Crippen LogP contribution in [0.15, 0.2) is 102 Å². The summed E-state index contributed by atoms with van der Waals surface area (Å²) in [6, 6.07) is 28.4. The van der Waals surface area contributed by atoms with Crippen molar-refractivity contribution >= 4 is 49.6 Å². The minimum absolute atomic E-state index is 0.00726. The average Bonchev–Trinajstić information content (AvgIpc) is 2.96. The van der Waals surface area contributed by atoms with E-state index in [1.165, 1.54) is 4.57 Å². The number of Topliss-reactive ketones (excluding diaryl/α,β-unsaturated/α-hetero) is 1. The topological polar surface area (TPSA) is 118 Å². The Morgan fingerprint density at radius 2 is 1.52 bits per heavy atom. The molecule has 1 heterocycles. The summed E-state index contributed by atoms with van der Waals surface area (Å²) in [4.78, 5) is 27.2. The SMILES string of the molecule is Cn1c(=O)c(C(=O)C[C@@H](Nc2cccc3cccc(N)c23)c2c(O)ccc3ccccc23)c(O)c2ccccc21. The molecule has 7 nitrogen and oxygen atoms in total. The van der Waals surface area contributed by atoms with E-state index in [0.29, 0.717) is 27.8 Å². The van der Waals surface area contributed by atoms with Crippen molar-refractivity contribution in [3.8, 4) is 11.5 Å². The molecule has 0 bridgehead atoms. The Bertz CT molecular complexity index is 2010. The van der Waals surface area contributed by atoms with Gasteiger partial charge in [0.1, 0.15) is 17.1 Å². The van der Waals surface area contributed by atoms with E-state index in [9.17, 15) is 19.8 Å². The first-order chi connectivity index (χ1) is 19.3. The molecule has 0 aliphatic rings. The number of hydrogen-bond acceptors (Lipinski definition) is 6. The molecule has 5 N–H and O–H groups in total. The van der Waals surface area contributed by atoms with Crippen molar-refractivity contribution in [1.82, 2.24) is 4.57 Å². The summed E-state index contributed by atoms with van der Waals surface area (Å²) in [5.41, 5.74) is 7.76. The van der Waals surface area contributed by atoms with Gasteiger partial charge in [-0.05, 0) is 46.5 Å². The molecule has 198 valence electrons. The molecule has 0 spiro atoms. The maximum Gasteiger partial charge on any atom is 0.265 e. The second-order valence-electron chi connectivity index (χ2n) is 9.90. The quantitative estimate of drug-likeness (QED) is 0.149. The first-order valence-electron chi connectivity index (χ1n) is 12.9. The van der Waals surface area contributed by atoms with Crippen molar-refractivity contribution in [3.05, 3.63) is 119 Å². The molecular formula is C33H27N3O4. The summed E-state index contributed by atoms with van der Waals surface area (Å²) in [5.74, 6) is -0.895. The fourth-order valence-corrected chi connectivity index (χ4v) is 5.57. The first-order valence-corrected chi connectivity index (χ1v) is 12.9. The van der Waals surface area contributed by atoms with Crippen LogP contribution in [0.5, 0.6) is 11.5 Å². The number of rotatable bonds is 6. The first kappa shape index (κ1) is 25.0. The number of carbonyl (C=O) groups is 1. The van der Waals surface area contributed by atoms with Gasteiger partial charge in [-0.2, -0.15) is 0 Å². The molecule has 5 aromatic carbocycles. The van der Waals surface area contributed by atoms with E-state index < -0.39 is 17.4 Å². The highest BCUT2D eigenvalue weighted by molar-refractivity contribution is 6.05. The number of aromatic nitrogens is 1. The lowest BCUT2D eigenvalue weighted by molar-refractivity contribution is 0.0972. The van der Waals surface area contributed by atoms with Crippen molar-refractivity contribution in [2.45, 2.75) is 12.5 Å². The van der Waals surface area contributed by atoms with Crippen molar-refractivity contribution in [2.24, 2.45) is 7.05 Å². The minimum Gasteiger partial charge on any atom is -0.508 e. The van der Waals surface area contributed by atoms with E-state index in [4.69, 9.17) is 5.73 Å². The van der Waals surface area contributed by atoms with Crippen LogP contribution in [-0.2, 0) is 7.05 Å². The standard InChI is InChI=1S/C33H27N3O4/c1-36-26-15-5-4-12-22(26)32(39)31(33(36)40)28(38)18-25(30-21-11-3-2-8-19(21)16-17-27(30)37)35-24-14-7-10-20-9-6-13-23(34)29(20)24/h2-17,25,35,37,39H,18,34H2,1H3/t25-/m1/s1. The van der Waals surface area contributed by atoms with Gasteiger partial charge in [0.25, 0.3) is 5.56 Å². The number of ketones is 1. The highest BCUT2D eigenvalue weighted by atomic mass is 16.3. The van der Waals surface area contributed by atoms with Gasteiger partial charge < -0.3 is 25.8 Å². The Hall–Kier alpha value is -5.30. The van der Waals surface area contributed by atoms with Crippen molar-refractivity contribution in [3.63, 3.8) is 0 Å². The van der Waals surface area contributed by atoms with Crippen molar-refractivity contribution < 1.29 is 15.0 Å². The largest absolute Gasteiger partial charge is 0.508 e. The monoisotopic (exact) mass is 529 g/mol. The van der Waals surface area contributed by atoms with Crippen LogP contribution in [-0.4, -0.2) is 20.6 Å². The summed E-state index contributed by atoms with van der Waals surface area (Å²) in [6.45, 7) is 0. The van der Waals surface area contributed by atoms with Gasteiger partial charge in [0, 0.05) is 41.2 Å². The Kier molecular flexibility index (Phi) is 6.11. The summed E-state index contributed by atoms with van der Waals surface area (Å²) in [7, 11) is 1.58. The Balaban J connectivity index is 1.53. The van der Waals surface area contributed by atoms with E-state index in [0.717, 1.165) is 21.5 Å². The maximum absolute atomic E-state index is 13.9. The number of phenols is 1. The van der Waals surface area contributed by atoms with E-state index in [-0.39, 0.29) is 23.5 Å². The molecule has 0 saturated carbocycles. The number of fused-ring (bicyclic) bond motifs is 3. The lowest BCUT2D eigenvalue weighted by Gasteiger charge is -2.24. The number of pyridine rings is 1. The molecule has 40 heavy (non-hydrogen) atoms. The molecule has 0 saturated heterocycles. The summed E-state index contributed by atoms with van der Waals surface area (Å²) in [6.07, 6.45) is -0.216. The van der Waals surface area contributed by atoms with Crippen LogP contribution in [0.2, 0.25) is 0 Å². The number of benzene rings is 5. The van der Waals surface area contributed by atoms with Gasteiger partial charge in [0.15, 0.2) is 5.78 Å². The Labute approximate surface area is 229 Å². The number of para-hydroxylation sites is 1. The van der Waals surface area contributed by atoms with Gasteiger partial charge in [-0.25, -0.2) is 0 Å². The van der Waals surface area contributed by atoms with Crippen LogP contribution in [0.1, 0.15) is 28.4 Å². The van der Waals surface area contributed by atoms with Crippen molar-refractivity contribution in [1.29, 1.82) is 0 Å². The zero-order valence-corrected chi connectivity index (χ0v) is 21.8. The average molecular weight is 530 g/mol. The molecule has 6 aromatic rings.